The van der Waals surface area contributed by atoms with E-state index in [1.54, 1.807) is 0 Å². The lowest BCUT2D eigenvalue weighted by molar-refractivity contribution is -0.141. The van der Waals surface area contributed by atoms with E-state index in [1.807, 2.05) is 11.8 Å². The molecule has 0 bridgehead atoms. The number of carbonyl (C=O) groups excluding carboxylic acids is 1. The number of rotatable bonds is 4. The maximum Gasteiger partial charge on any atom is 0.302 e. The minimum atomic E-state index is -0.189. The zero-order valence-electron chi connectivity index (χ0n) is 9.95. The van der Waals surface area contributed by atoms with Crippen molar-refractivity contribution in [2.75, 3.05) is 6.61 Å². The highest BCUT2D eigenvalue weighted by molar-refractivity contribution is 8.01. The lowest BCUT2D eigenvalue weighted by Gasteiger charge is -2.24. The highest BCUT2D eigenvalue weighted by atomic mass is 32.2. The molecule has 2 unspecified atom stereocenters. The molecule has 0 spiro atoms. The van der Waals surface area contributed by atoms with Crippen LogP contribution in [0.5, 0.6) is 0 Å². The molecule has 0 fully saturated rings. The van der Waals surface area contributed by atoms with E-state index >= 15 is 0 Å². The molecule has 0 aliphatic carbocycles. The van der Waals surface area contributed by atoms with E-state index in [-0.39, 0.29) is 10.7 Å². The van der Waals surface area contributed by atoms with Crippen molar-refractivity contribution < 1.29 is 9.53 Å². The summed E-state index contributed by atoms with van der Waals surface area (Å²) in [5.41, 5.74) is 0. The monoisotopic (exact) mass is 228 g/mol. The molecule has 1 aliphatic rings. The van der Waals surface area contributed by atoms with Crippen LogP contribution in [0.4, 0.5) is 0 Å². The van der Waals surface area contributed by atoms with E-state index in [2.05, 4.69) is 32.9 Å². The van der Waals surface area contributed by atoms with E-state index in [9.17, 15) is 4.79 Å². The first kappa shape index (κ1) is 12.6. The van der Waals surface area contributed by atoms with Crippen LogP contribution in [0.3, 0.4) is 0 Å². The molecule has 0 N–H and O–H groups in total. The van der Waals surface area contributed by atoms with Gasteiger partial charge in [0.1, 0.15) is 0 Å². The van der Waals surface area contributed by atoms with Crippen LogP contribution in [0, 0.1) is 5.92 Å². The third-order valence-electron chi connectivity index (χ3n) is 2.60. The average Bonchev–Trinajstić information content (AvgIpc) is 2.47. The highest BCUT2D eigenvalue weighted by Crippen LogP contribution is 2.42. The van der Waals surface area contributed by atoms with Gasteiger partial charge in [0, 0.05) is 16.9 Å². The second-order valence-electron chi connectivity index (χ2n) is 4.59. The van der Waals surface area contributed by atoms with E-state index in [1.165, 1.54) is 6.92 Å². The van der Waals surface area contributed by atoms with Crippen LogP contribution in [0.1, 0.15) is 34.1 Å². The third-order valence-corrected chi connectivity index (χ3v) is 4.46. The van der Waals surface area contributed by atoms with Gasteiger partial charge in [-0.3, -0.25) is 4.79 Å². The number of thioether (sulfide) groups is 1. The van der Waals surface area contributed by atoms with Crippen molar-refractivity contribution in [3.63, 3.8) is 0 Å². The Kier molecular flexibility index (Phi) is 4.26. The molecule has 1 aliphatic heterocycles. The number of hydrogen-bond donors (Lipinski definition) is 0. The molecule has 1 heterocycles. The Morgan fingerprint density at radius 2 is 2.27 bits per heavy atom. The zero-order chi connectivity index (χ0) is 11.5. The SMILES string of the molecule is CC(=O)OCCC1(C)C=CC(C(C)C)S1. The largest absolute Gasteiger partial charge is 0.466 e. The Balaban J connectivity index is 2.36. The van der Waals surface area contributed by atoms with Crippen LogP contribution in [-0.4, -0.2) is 22.6 Å². The second-order valence-corrected chi connectivity index (χ2v) is 6.30. The molecular formula is C12H20O2S. The first-order valence-corrected chi connectivity index (χ1v) is 6.31. The smallest absolute Gasteiger partial charge is 0.302 e. The van der Waals surface area contributed by atoms with Crippen molar-refractivity contribution in [2.24, 2.45) is 5.92 Å². The summed E-state index contributed by atoms with van der Waals surface area (Å²) in [6.45, 7) is 8.66. The molecular weight excluding hydrogens is 208 g/mol. The fourth-order valence-corrected chi connectivity index (χ4v) is 3.00. The van der Waals surface area contributed by atoms with Crippen molar-refractivity contribution >= 4 is 17.7 Å². The molecule has 0 aromatic rings. The maximum atomic E-state index is 10.6. The average molecular weight is 228 g/mol. The van der Waals surface area contributed by atoms with Gasteiger partial charge < -0.3 is 4.74 Å². The van der Waals surface area contributed by atoms with E-state index in [0.717, 1.165) is 6.42 Å². The molecule has 86 valence electrons. The molecule has 0 amide bonds. The fourth-order valence-electron chi connectivity index (χ4n) is 1.59. The normalized spacial score (nSPS) is 29.8. The number of esters is 1. The van der Waals surface area contributed by atoms with Gasteiger partial charge in [-0.15, -0.1) is 11.8 Å². The van der Waals surface area contributed by atoms with Gasteiger partial charge in [-0.1, -0.05) is 26.0 Å². The lowest BCUT2D eigenvalue weighted by atomic mass is 10.1. The standard InChI is InChI=1S/C12H20O2S/c1-9(2)11-5-6-12(4,15-11)7-8-14-10(3)13/h5-6,9,11H,7-8H2,1-4H3. The summed E-state index contributed by atoms with van der Waals surface area (Å²) in [6.07, 6.45) is 5.44. The van der Waals surface area contributed by atoms with Gasteiger partial charge in [0.15, 0.2) is 0 Å². The Morgan fingerprint density at radius 1 is 1.60 bits per heavy atom. The van der Waals surface area contributed by atoms with Crippen molar-refractivity contribution in [3.05, 3.63) is 12.2 Å². The molecule has 3 heteroatoms. The maximum absolute atomic E-state index is 10.6. The van der Waals surface area contributed by atoms with Crippen LogP contribution >= 0.6 is 11.8 Å². The van der Waals surface area contributed by atoms with E-state index in [0.29, 0.717) is 17.8 Å². The van der Waals surface area contributed by atoms with Crippen molar-refractivity contribution in [1.29, 1.82) is 0 Å². The third kappa shape index (κ3) is 3.90. The van der Waals surface area contributed by atoms with Gasteiger partial charge in [0.25, 0.3) is 0 Å². The topological polar surface area (TPSA) is 26.3 Å². The number of ether oxygens (including phenoxy) is 1. The van der Waals surface area contributed by atoms with Crippen LogP contribution in [0.25, 0.3) is 0 Å². The predicted molar refractivity (Wildman–Crippen MR) is 65.0 cm³/mol. The first-order chi connectivity index (χ1) is 6.93. The van der Waals surface area contributed by atoms with E-state index in [4.69, 9.17) is 4.74 Å². The summed E-state index contributed by atoms with van der Waals surface area (Å²) >= 11 is 1.97. The highest BCUT2D eigenvalue weighted by Gasteiger charge is 2.31. The van der Waals surface area contributed by atoms with Crippen molar-refractivity contribution in [1.82, 2.24) is 0 Å². The Hall–Kier alpha value is -0.440. The van der Waals surface area contributed by atoms with E-state index < -0.39 is 0 Å². The summed E-state index contributed by atoms with van der Waals surface area (Å²) in [5.74, 6) is 0.479. The molecule has 2 nitrogen and oxygen atoms in total. The van der Waals surface area contributed by atoms with Gasteiger partial charge in [-0.05, 0) is 19.3 Å². The number of hydrogen-bond acceptors (Lipinski definition) is 3. The van der Waals surface area contributed by atoms with Crippen LogP contribution < -0.4 is 0 Å². The molecule has 0 saturated heterocycles. The minimum Gasteiger partial charge on any atom is -0.466 e. The van der Waals surface area contributed by atoms with Gasteiger partial charge in [-0.2, -0.15) is 0 Å². The summed E-state index contributed by atoms with van der Waals surface area (Å²) < 4.78 is 5.12. The molecule has 15 heavy (non-hydrogen) atoms. The summed E-state index contributed by atoms with van der Waals surface area (Å²) in [4.78, 5) is 10.6. The van der Waals surface area contributed by atoms with Gasteiger partial charge in [0.2, 0.25) is 0 Å². The quantitative estimate of drug-likeness (QED) is 0.546. The second kappa shape index (κ2) is 5.06. The molecule has 0 radical (unpaired) electrons. The molecule has 0 saturated carbocycles. The molecule has 2 atom stereocenters. The fraction of sp³-hybridized carbons (Fsp3) is 0.750. The van der Waals surface area contributed by atoms with Gasteiger partial charge in [-0.25, -0.2) is 0 Å². The van der Waals surface area contributed by atoms with Crippen LogP contribution in [0.2, 0.25) is 0 Å². The Labute approximate surface area is 96.5 Å². The van der Waals surface area contributed by atoms with Gasteiger partial charge in [0.05, 0.1) is 6.61 Å². The van der Waals surface area contributed by atoms with Crippen LogP contribution in [-0.2, 0) is 9.53 Å². The summed E-state index contributed by atoms with van der Waals surface area (Å²) in [6, 6.07) is 0. The summed E-state index contributed by atoms with van der Waals surface area (Å²) in [7, 11) is 0. The molecule has 0 aromatic heterocycles. The Bertz CT molecular complexity index is 260. The van der Waals surface area contributed by atoms with Gasteiger partial charge >= 0.3 is 5.97 Å². The van der Waals surface area contributed by atoms with Crippen molar-refractivity contribution in [2.45, 2.75) is 44.1 Å². The molecule has 0 aromatic carbocycles. The zero-order valence-corrected chi connectivity index (χ0v) is 10.8. The molecule has 1 rings (SSSR count). The number of carbonyl (C=O) groups is 1. The minimum absolute atomic E-state index is 0.143. The van der Waals surface area contributed by atoms with Crippen LogP contribution in [0.15, 0.2) is 12.2 Å². The summed E-state index contributed by atoms with van der Waals surface area (Å²) in [5, 5.41) is 0.604. The van der Waals surface area contributed by atoms with Crippen molar-refractivity contribution in [3.8, 4) is 0 Å². The Morgan fingerprint density at radius 3 is 2.73 bits per heavy atom. The first-order valence-electron chi connectivity index (χ1n) is 5.43. The predicted octanol–water partition coefficient (Wildman–Crippen LogP) is 3.03. The lowest BCUT2D eigenvalue weighted by Crippen LogP contribution is -2.20.